The van der Waals surface area contributed by atoms with E-state index in [1.54, 1.807) is 0 Å². The minimum Gasteiger partial charge on any atom is -0.348 e. The second-order valence-corrected chi connectivity index (χ2v) is 3.64. The summed E-state index contributed by atoms with van der Waals surface area (Å²) in [4.78, 5) is -0.0942. The van der Waals surface area contributed by atoms with Crippen molar-refractivity contribution >= 4 is 40.4 Å². The number of benzene rings is 1. The van der Waals surface area contributed by atoms with Crippen LogP contribution in [0.1, 0.15) is 5.56 Å². The van der Waals surface area contributed by atoms with E-state index < -0.39 is 4.96 Å². The minimum atomic E-state index is -0.655. The average molecular weight is 220 g/mol. The first kappa shape index (κ1) is 9.78. The largest absolute Gasteiger partial charge is 0.348 e. The normalized spacial score (nSPS) is 9.92. The van der Waals surface area contributed by atoms with Gasteiger partial charge in [-0.2, -0.15) is 0 Å². The predicted octanol–water partition coefficient (Wildman–Crippen LogP) is 2.71. The lowest BCUT2D eigenvalue weighted by atomic mass is 10.2. The first-order valence-corrected chi connectivity index (χ1v) is 4.62. The van der Waals surface area contributed by atoms with Crippen molar-refractivity contribution in [2.24, 2.45) is 0 Å². The minimum absolute atomic E-state index is 0.561. The van der Waals surface area contributed by atoms with Gasteiger partial charge in [0.05, 0.1) is 0 Å². The summed E-state index contributed by atoms with van der Waals surface area (Å²) in [5.41, 5.74) is 0.916. The number of hydrogen-bond acceptors (Lipinski definition) is 1. The van der Waals surface area contributed by atoms with E-state index >= 15 is 0 Å². The molecular weight excluding hydrogens is 213 g/mol. The van der Waals surface area contributed by atoms with E-state index in [0.717, 1.165) is 5.56 Å². The van der Waals surface area contributed by atoms with Crippen LogP contribution in [0.5, 0.6) is 0 Å². The molecule has 0 bridgehead atoms. The first-order chi connectivity index (χ1) is 5.70. The van der Waals surface area contributed by atoms with Crippen LogP contribution in [0.4, 0.5) is 0 Å². The lowest BCUT2D eigenvalue weighted by Crippen LogP contribution is -2.25. The fourth-order valence-corrected chi connectivity index (χ4v) is 1.37. The number of thiocarbonyl (C=S) groups is 1. The summed E-state index contributed by atoms with van der Waals surface area (Å²) in [7, 11) is 0. The summed E-state index contributed by atoms with van der Waals surface area (Å²) in [6.45, 7) is 0. The zero-order valence-electron chi connectivity index (χ0n) is 6.13. The van der Waals surface area contributed by atoms with E-state index in [9.17, 15) is 0 Å². The molecule has 1 aromatic carbocycles. The van der Waals surface area contributed by atoms with Gasteiger partial charge in [-0.3, -0.25) is 0 Å². The molecular formula is C8H7Cl2NS. The van der Waals surface area contributed by atoms with Crippen LogP contribution in [-0.4, -0.2) is 9.95 Å². The summed E-state index contributed by atoms with van der Waals surface area (Å²) >= 11 is 16.0. The van der Waals surface area contributed by atoms with Gasteiger partial charge in [0.1, 0.15) is 4.99 Å². The number of rotatable bonds is 2. The molecule has 1 aromatic rings. The van der Waals surface area contributed by atoms with Gasteiger partial charge in [0, 0.05) is 5.56 Å². The van der Waals surface area contributed by atoms with Crippen molar-refractivity contribution in [3.63, 3.8) is 0 Å². The Morgan fingerprint density at radius 2 is 1.83 bits per heavy atom. The van der Waals surface area contributed by atoms with Gasteiger partial charge >= 0.3 is 0 Å². The Hall–Kier alpha value is -0.310. The molecule has 0 fully saturated rings. The van der Waals surface area contributed by atoms with E-state index in [-0.39, 0.29) is 0 Å². The van der Waals surface area contributed by atoms with Gasteiger partial charge in [0.2, 0.25) is 0 Å². The lowest BCUT2D eigenvalue weighted by Gasteiger charge is -2.07. The smallest absolute Gasteiger partial charge is 0.178 e. The summed E-state index contributed by atoms with van der Waals surface area (Å²) < 4.78 is 0. The average Bonchev–Trinajstić information content (AvgIpc) is 2.05. The molecule has 0 saturated carbocycles. The van der Waals surface area contributed by atoms with Gasteiger partial charge in [-0.1, -0.05) is 65.8 Å². The number of halogens is 2. The zero-order valence-corrected chi connectivity index (χ0v) is 8.46. The molecule has 0 unspecified atom stereocenters. The Morgan fingerprint density at radius 1 is 1.25 bits per heavy atom. The van der Waals surface area contributed by atoms with Gasteiger partial charge in [-0.05, 0) is 0 Å². The molecule has 0 amide bonds. The Balaban J connectivity index is 2.66. The van der Waals surface area contributed by atoms with Crippen LogP contribution in [0.25, 0.3) is 0 Å². The molecule has 12 heavy (non-hydrogen) atoms. The molecule has 0 aliphatic heterocycles. The van der Waals surface area contributed by atoms with E-state index in [1.807, 2.05) is 30.3 Å². The maximum absolute atomic E-state index is 5.49. The second-order valence-electron chi connectivity index (χ2n) is 2.14. The van der Waals surface area contributed by atoms with Crippen molar-refractivity contribution in [3.8, 4) is 0 Å². The molecule has 0 aromatic heterocycles. The standard InChI is InChI=1S/C8H7Cl2NS/c9-8(10)11-7(12)6-4-2-1-3-5-6/h1-5,8H,(H,11,12). The summed E-state index contributed by atoms with van der Waals surface area (Å²) in [5, 5.41) is 2.72. The molecule has 64 valence electrons. The molecule has 4 heteroatoms. The Morgan fingerprint density at radius 3 is 2.33 bits per heavy atom. The van der Waals surface area contributed by atoms with Crippen molar-refractivity contribution in [3.05, 3.63) is 35.9 Å². The van der Waals surface area contributed by atoms with Crippen LogP contribution < -0.4 is 5.32 Å². The third-order valence-electron chi connectivity index (χ3n) is 1.28. The number of hydrogen-bond donors (Lipinski definition) is 1. The monoisotopic (exact) mass is 219 g/mol. The highest BCUT2D eigenvalue weighted by Gasteiger charge is 2.02. The van der Waals surface area contributed by atoms with Crippen molar-refractivity contribution < 1.29 is 0 Å². The van der Waals surface area contributed by atoms with Crippen LogP contribution >= 0.6 is 35.4 Å². The quantitative estimate of drug-likeness (QED) is 0.467. The van der Waals surface area contributed by atoms with Gasteiger partial charge < -0.3 is 5.32 Å². The first-order valence-electron chi connectivity index (χ1n) is 3.34. The molecule has 0 saturated heterocycles. The highest BCUT2D eigenvalue weighted by Crippen LogP contribution is 2.03. The summed E-state index contributed by atoms with van der Waals surface area (Å²) in [6.07, 6.45) is 0. The molecule has 0 heterocycles. The fourth-order valence-electron chi connectivity index (χ4n) is 0.772. The molecule has 0 aliphatic rings. The Bertz CT molecular complexity index is 261. The van der Waals surface area contributed by atoms with Crippen molar-refractivity contribution in [2.45, 2.75) is 4.96 Å². The molecule has 0 spiro atoms. The molecule has 1 N–H and O–H groups in total. The fraction of sp³-hybridized carbons (Fsp3) is 0.125. The highest BCUT2D eigenvalue weighted by atomic mass is 35.5. The van der Waals surface area contributed by atoms with Crippen molar-refractivity contribution in [2.75, 3.05) is 0 Å². The van der Waals surface area contributed by atoms with Crippen LogP contribution in [0.2, 0.25) is 0 Å². The Kier molecular flexibility index (Phi) is 3.79. The summed E-state index contributed by atoms with van der Waals surface area (Å²) in [6, 6.07) is 9.52. The van der Waals surface area contributed by atoms with Crippen LogP contribution in [0.15, 0.2) is 30.3 Å². The molecule has 1 rings (SSSR count). The zero-order chi connectivity index (χ0) is 8.97. The highest BCUT2D eigenvalue weighted by molar-refractivity contribution is 7.80. The molecule has 0 aliphatic carbocycles. The molecule has 0 radical (unpaired) electrons. The molecule has 0 atom stereocenters. The van der Waals surface area contributed by atoms with Crippen molar-refractivity contribution in [1.82, 2.24) is 5.32 Å². The third kappa shape index (κ3) is 2.97. The Labute approximate surface area is 86.7 Å². The number of nitrogens with one attached hydrogen (secondary N) is 1. The van der Waals surface area contributed by atoms with E-state index in [1.165, 1.54) is 0 Å². The van der Waals surface area contributed by atoms with E-state index in [2.05, 4.69) is 5.32 Å². The van der Waals surface area contributed by atoms with Gasteiger partial charge in [0.15, 0.2) is 4.96 Å². The lowest BCUT2D eigenvalue weighted by molar-refractivity contribution is 1.07. The SMILES string of the molecule is S=C(NC(Cl)Cl)c1ccccc1. The predicted molar refractivity (Wildman–Crippen MR) is 56.8 cm³/mol. The van der Waals surface area contributed by atoms with E-state index in [0.29, 0.717) is 4.99 Å². The summed E-state index contributed by atoms with van der Waals surface area (Å²) in [5.74, 6) is 0. The van der Waals surface area contributed by atoms with E-state index in [4.69, 9.17) is 35.4 Å². The molecule has 1 nitrogen and oxygen atoms in total. The van der Waals surface area contributed by atoms with Gasteiger partial charge in [0.25, 0.3) is 0 Å². The second kappa shape index (κ2) is 4.65. The topological polar surface area (TPSA) is 12.0 Å². The maximum atomic E-state index is 5.49. The van der Waals surface area contributed by atoms with Crippen molar-refractivity contribution in [1.29, 1.82) is 0 Å². The third-order valence-corrected chi connectivity index (χ3v) is 1.85. The van der Waals surface area contributed by atoms with Crippen LogP contribution in [0.3, 0.4) is 0 Å². The maximum Gasteiger partial charge on any atom is 0.178 e. The van der Waals surface area contributed by atoms with Crippen LogP contribution in [0, 0.1) is 0 Å². The number of alkyl halides is 2. The van der Waals surface area contributed by atoms with Crippen LogP contribution in [-0.2, 0) is 0 Å². The van der Waals surface area contributed by atoms with Gasteiger partial charge in [-0.15, -0.1) is 0 Å². The van der Waals surface area contributed by atoms with Gasteiger partial charge in [-0.25, -0.2) is 0 Å².